The Balaban J connectivity index is 1.44. The summed E-state index contributed by atoms with van der Waals surface area (Å²) in [6.45, 7) is 1.43. The van der Waals surface area contributed by atoms with E-state index in [2.05, 4.69) is 10.3 Å². The minimum Gasteiger partial charge on any atom is -0.325 e. The number of hydrogen-bond acceptors (Lipinski definition) is 4. The van der Waals surface area contributed by atoms with E-state index in [9.17, 15) is 9.59 Å². The van der Waals surface area contributed by atoms with Crippen LogP contribution >= 0.6 is 0 Å². The van der Waals surface area contributed by atoms with E-state index in [1.54, 1.807) is 11.7 Å². The van der Waals surface area contributed by atoms with Crippen molar-refractivity contribution in [3.63, 3.8) is 0 Å². The molecule has 0 atom stereocenters. The van der Waals surface area contributed by atoms with Crippen LogP contribution in [0.4, 0.5) is 10.5 Å². The van der Waals surface area contributed by atoms with Crippen LogP contribution in [0.25, 0.3) is 11.3 Å². The molecule has 0 aliphatic carbocycles. The smallest absolute Gasteiger partial charge is 0.321 e. The second-order valence-electron chi connectivity index (χ2n) is 7.08. The second kappa shape index (κ2) is 9.85. The SMILES string of the molecule is O=C(CCCC1CCN(C(=O)Nc2ccc(-c3ccccn3)cc2)CC1)NO. The van der Waals surface area contributed by atoms with Gasteiger partial charge in [-0.15, -0.1) is 0 Å². The van der Waals surface area contributed by atoms with Gasteiger partial charge in [-0.3, -0.25) is 15.0 Å². The molecule has 1 aromatic heterocycles. The molecule has 2 heterocycles. The van der Waals surface area contributed by atoms with E-state index in [-0.39, 0.29) is 11.9 Å². The number of carbonyl (C=O) groups is 2. The predicted molar refractivity (Wildman–Crippen MR) is 107 cm³/mol. The Morgan fingerprint density at radius 2 is 1.86 bits per heavy atom. The molecule has 0 unspecified atom stereocenters. The topological polar surface area (TPSA) is 94.6 Å². The monoisotopic (exact) mass is 382 g/mol. The van der Waals surface area contributed by atoms with Gasteiger partial charge in [-0.2, -0.15) is 0 Å². The van der Waals surface area contributed by atoms with Crippen LogP contribution in [0.1, 0.15) is 32.1 Å². The zero-order chi connectivity index (χ0) is 19.8. The third-order valence-electron chi connectivity index (χ3n) is 5.14. The molecule has 7 heteroatoms. The highest BCUT2D eigenvalue weighted by Gasteiger charge is 2.22. The van der Waals surface area contributed by atoms with E-state index in [0.29, 0.717) is 25.4 Å². The number of nitrogens with one attached hydrogen (secondary N) is 2. The Morgan fingerprint density at radius 1 is 1.11 bits per heavy atom. The first-order chi connectivity index (χ1) is 13.7. The minimum atomic E-state index is -0.342. The van der Waals surface area contributed by atoms with Crippen LogP contribution in [-0.4, -0.2) is 40.1 Å². The molecule has 2 aromatic rings. The molecule has 1 saturated heterocycles. The number of aromatic nitrogens is 1. The van der Waals surface area contributed by atoms with E-state index in [1.165, 1.54) is 0 Å². The summed E-state index contributed by atoms with van der Waals surface area (Å²) >= 11 is 0. The van der Waals surface area contributed by atoms with Crippen LogP contribution < -0.4 is 10.8 Å². The van der Waals surface area contributed by atoms with Gasteiger partial charge in [0, 0.05) is 37.0 Å². The molecule has 0 bridgehead atoms. The van der Waals surface area contributed by atoms with Gasteiger partial charge >= 0.3 is 6.03 Å². The maximum atomic E-state index is 12.5. The summed E-state index contributed by atoms with van der Waals surface area (Å²) in [5, 5.41) is 11.5. The second-order valence-corrected chi connectivity index (χ2v) is 7.08. The summed E-state index contributed by atoms with van der Waals surface area (Å²) in [5.41, 5.74) is 4.33. The van der Waals surface area contributed by atoms with Crippen LogP contribution in [0, 0.1) is 5.92 Å². The van der Waals surface area contributed by atoms with Crippen molar-refractivity contribution in [2.75, 3.05) is 18.4 Å². The Kier molecular flexibility index (Phi) is 6.97. The third-order valence-corrected chi connectivity index (χ3v) is 5.14. The van der Waals surface area contributed by atoms with E-state index >= 15 is 0 Å². The molecule has 28 heavy (non-hydrogen) atoms. The molecule has 7 nitrogen and oxygen atoms in total. The predicted octanol–water partition coefficient (Wildman–Crippen LogP) is 3.67. The van der Waals surface area contributed by atoms with Gasteiger partial charge in [0.15, 0.2) is 0 Å². The lowest BCUT2D eigenvalue weighted by Crippen LogP contribution is -2.41. The standard InChI is InChI=1S/C21H26N4O3/c26-20(24-28)6-3-4-16-11-14-25(15-12-16)21(27)23-18-9-7-17(8-10-18)19-5-1-2-13-22-19/h1-2,5,7-10,13,16,28H,3-4,6,11-12,14-15H2,(H,23,27)(H,24,26). The molecule has 3 amide bonds. The number of pyridine rings is 1. The Labute approximate surface area is 164 Å². The number of urea groups is 1. The molecule has 1 aliphatic rings. The van der Waals surface area contributed by atoms with Crippen molar-refractivity contribution in [3.8, 4) is 11.3 Å². The molecule has 3 N–H and O–H groups in total. The fraction of sp³-hybridized carbons (Fsp3) is 0.381. The molecule has 1 aromatic carbocycles. The number of rotatable bonds is 6. The summed E-state index contributed by atoms with van der Waals surface area (Å²) < 4.78 is 0. The Hall–Kier alpha value is -2.93. The number of carbonyl (C=O) groups excluding carboxylic acids is 2. The lowest BCUT2D eigenvalue weighted by Gasteiger charge is -2.32. The highest BCUT2D eigenvalue weighted by atomic mass is 16.5. The molecular weight excluding hydrogens is 356 g/mol. The van der Waals surface area contributed by atoms with E-state index < -0.39 is 0 Å². The summed E-state index contributed by atoms with van der Waals surface area (Å²) in [7, 11) is 0. The quantitative estimate of drug-likeness (QED) is 0.525. The number of piperidine rings is 1. The summed E-state index contributed by atoms with van der Waals surface area (Å²) in [4.78, 5) is 29.7. The lowest BCUT2D eigenvalue weighted by molar-refractivity contribution is -0.129. The highest BCUT2D eigenvalue weighted by molar-refractivity contribution is 5.89. The summed E-state index contributed by atoms with van der Waals surface area (Å²) in [6.07, 6.45) is 5.67. The number of hydroxylamine groups is 1. The maximum Gasteiger partial charge on any atom is 0.321 e. The van der Waals surface area contributed by atoms with Crippen molar-refractivity contribution < 1.29 is 14.8 Å². The molecule has 1 fully saturated rings. The fourth-order valence-corrected chi connectivity index (χ4v) is 3.49. The third kappa shape index (κ3) is 5.53. The van der Waals surface area contributed by atoms with E-state index in [0.717, 1.165) is 42.6 Å². The number of anilines is 1. The summed E-state index contributed by atoms with van der Waals surface area (Å²) in [5.74, 6) is 0.180. The minimum absolute atomic E-state index is 0.0799. The van der Waals surface area contributed by atoms with E-state index in [1.807, 2.05) is 47.4 Å². The average molecular weight is 382 g/mol. The Bertz CT molecular complexity index is 772. The first kappa shape index (κ1) is 19.8. The fourth-order valence-electron chi connectivity index (χ4n) is 3.49. The van der Waals surface area contributed by atoms with Crippen molar-refractivity contribution in [3.05, 3.63) is 48.7 Å². The number of hydrogen-bond donors (Lipinski definition) is 3. The van der Waals surface area contributed by atoms with Crippen molar-refractivity contribution in [1.82, 2.24) is 15.4 Å². The van der Waals surface area contributed by atoms with Gasteiger partial charge in [-0.1, -0.05) is 18.2 Å². The van der Waals surface area contributed by atoms with Crippen LogP contribution in [0.2, 0.25) is 0 Å². The Morgan fingerprint density at radius 3 is 2.50 bits per heavy atom. The van der Waals surface area contributed by atoms with Gasteiger partial charge in [-0.25, -0.2) is 10.3 Å². The van der Waals surface area contributed by atoms with Crippen LogP contribution in [0.3, 0.4) is 0 Å². The van der Waals surface area contributed by atoms with Gasteiger partial charge in [0.1, 0.15) is 0 Å². The largest absolute Gasteiger partial charge is 0.325 e. The molecule has 0 radical (unpaired) electrons. The van der Waals surface area contributed by atoms with Crippen LogP contribution in [0.5, 0.6) is 0 Å². The number of likely N-dealkylation sites (tertiary alicyclic amines) is 1. The van der Waals surface area contributed by atoms with Gasteiger partial charge in [0.25, 0.3) is 0 Å². The first-order valence-electron chi connectivity index (χ1n) is 9.66. The highest BCUT2D eigenvalue weighted by Crippen LogP contribution is 2.24. The first-order valence-corrected chi connectivity index (χ1v) is 9.66. The van der Waals surface area contributed by atoms with Crippen molar-refractivity contribution in [2.24, 2.45) is 5.92 Å². The summed E-state index contributed by atoms with van der Waals surface area (Å²) in [6, 6.07) is 13.4. The zero-order valence-electron chi connectivity index (χ0n) is 15.8. The molecule has 0 saturated carbocycles. The van der Waals surface area contributed by atoms with Crippen molar-refractivity contribution >= 4 is 17.6 Å². The number of amides is 3. The van der Waals surface area contributed by atoms with Gasteiger partial charge < -0.3 is 10.2 Å². The molecule has 148 valence electrons. The zero-order valence-corrected chi connectivity index (χ0v) is 15.8. The molecular formula is C21H26N4O3. The van der Waals surface area contributed by atoms with Crippen LogP contribution in [0.15, 0.2) is 48.7 Å². The molecule has 1 aliphatic heterocycles. The number of nitrogens with zero attached hydrogens (tertiary/aromatic N) is 2. The maximum absolute atomic E-state index is 12.5. The van der Waals surface area contributed by atoms with Gasteiger partial charge in [0.2, 0.25) is 5.91 Å². The van der Waals surface area contributed by atoms with Crippen molar-refractivity contribution in [2.45, 2.75) is 32.1 Å². The molecule has 3 rings (SSSR count). The van der Waals surface area contributed by atoms with E-state index in [4.69, 9.17) is 5.21 Å². The average Bonchev–Trinajstić information content (AvgIpc) is 2.75. The normalized spacial score (nSPS) is 14.5. The van der Waals surface area contributed by atoms with Crippen molar-refractivity contribution in [1.29, 1.82) is 0 Å². The van der Waals surface area contributed by atoms with Gasteiger partial charge in [0.05, 0.1) is 5.69 Å². The number of benzene rings is 1. The molecule has 0 spiro atoms. The van der Waals surface area contributed by atoms with Crippen LogP contribution in [-0.2, 0) is 4.79 Å². The van der Waals surface area contributed by atoms with Gasteiger partial charge in [-0.05, 0) is 55.9 Å². The lowest BCUT2D eigenvalue weighted by atomic mass is 9.91.